The normalized spacial score (nSPS) is 21.9. The van der Waals surface area contributed by atoms with Crippen LogP contribution in [0.3, 0.4) is 0 Å². The number of hydrogen-bond donors (Lipinski definition) is 0. The fourth-order valence-electron chi connectivity index (χ4n) is 2.41. The van der Waals surface area contributed by atoms with Gasteiger partial charge in [0.05, 0.1) is 26.0 Å². The van der Waals surface area contributed by atoms with E-state index in [0.717, 1.165) is 13.0 Å². The largest absolute Gasteiger partial charge is 0.480 e. The van der Waals surface area contributed by atoms with E-state index in [-0.39, 0.29) is 12.0 Å². The zero-order valence-electron chi connectivity index (χ0n) is 11.6. The first-order chi connectivity index (χ1) is 9.74. The maximum absolute atomic E-state index is 12.0. The average molecular weight is 277 g/mol. The Morgan fingerprint density at radius 2 is 2.15 bits per heavy atom. The molecule has 2 heterocycles. The minimum Gasteiger partial charge on any atom is -0.480 e. The van der Waals surface area contributed by atoms with Gasteiger partial charge in [0.15, 0.2) is 0 Å². The Morgan fingerprint density at radius 1 is 1.35 bits per heavy atom. The summed E-state index contributed by atoms with van der Waals surface area (Å²) in [6, 6.07) is 0. The first kappa shape index (κ1) is 13.1. The molecule has 108 valence electrons. The van der Waals surface area contributed by atoms with Gasteiger partial charge in [0.25, 0.3) is 0 Å². The molecule has 1 atom stereocenters. The molecule has 6 nitrogen and oxygen atoms in total. The molecule has 1 aliphatic carbocycles. The molecule has 1 aliphatic heterocycles. The van der Waals surface area contributed by atoms with Crippen molar-refractivity contribution < 1.29 is 14.3 Å². The lowest BCUT2D eigenvalue weighted by Crippen LogP contribution is -2.31. The van der Waals surface area contributed by atoms with Crippen LogP contribution in [-0.2, 0) is 4.79 Å². The summed E-state index contributed by atoms with van der Waals surface area (Å²) < 4.78 is 10.8. The van der Waals surface area contributed by atoms with Gasteiger partial charge in [-0.05, 0) is 18.8 Å². The molecule has 2 fully saturated rings. The molecule has 2 aliphatic rings. The van der Waals surface area contributed by atoms with Crippen LogP contribution in [0, 0.1) is 5.92 Å². The average Bonchev–Trinajstić information content (AvgIpc) is 3.15. The van der Waals surface area contributed by atoms with E-state index in [1.54, 1.807) is 13.3 Å². The Kier molecular flexibility index (Phi) is 3.71. The number of ether oxygens (including phenoxy) is 2. The predicted octanol–water partition coefficient (Wildman–Crippen LogP) is 1.26. The molecule has 1 saturated carbocycles. The highest BCUT2D eigenvalue weighted by Gasteiger charge is 2.32. The van der Waals surface area contributed by atoms with Crippen molar-refractivity contribution in [2.75, 3.05) is 20.2 Å². The summed E-state index contributed by atoms with van der Waals surface area (Å²) >= 11 is 0. The highest BCUT2D eigenvalue weighted by molar-refractivity contribution is 5.77. The first-order valence-electron chi connectivity index (χ1n) is 7.05. The number of aromatic nitrogens is 2. The SMILES string of the molecule is COc1cncc(OC2CCN(C(=O)CC3CC3)C2)n1. The van der Waals surface area contributed by atoms with Crippen LogP contribution in [0.1, 0.15) is 25.7 Å². The number of carbonyl (C=O) groups excluding carboxylic acids is 1. The highest BCUT2D eigenvalue weighted by Crippen LogP contribution is 2.33. The third-order valence-corrected chi connectivity index (χ3v) is 3.74. The number of likely N-dealkylation sites (tertiary alicyclic amines) is 1. The zero-order chi connectivity index (χ0) is 13.9. The second-order valence-corrected chi connectivity index (χ2v) is 5.42. The van der Waals surface area contributed by atoms with Gasteiger partial charge >= 0.3 is 0 Å². The number of carbonyl (C=O) groups is 1. The molecule has 1 saturated heterocycles. The van der Waals surface area contributed by atoms with Crippen LogP contribution < -0.4 is 9.47 Å². The number of rotatable bonds is 5. The van der Waals surface area contributed by atoms with Gasteiger partial charge in [-0.3, -0.25) is 9.78 Å². The summed E-state index contributed by atoms with van der Waals surface area (Å²) in [6.07, 6.45) is 7.06. The van der Waals surface area contributed by atoms with Gasteiger partial charge in [0, 0.05) is 19.4 Å². The van der Waals surface area contributed by atoms with Gasteiger partial charge in [0.1, 0.15) is 6.10 Å². The van der Waals surface area contributed by atoms with Crippen molar-refractivity contribution in [3.05, 3.63) is 12.4 Å². The van der Waals surface area contributed by atoms with Gasteiger partial charge in [-0.15, -0.1) is 0 Å². The lowest BCUT2D eigenvalue weighted by molar-refractivity contribution is -0.130. The second-order valence-electron chi connectivity index (χ2n) is 5.42. The van der Waals surface area contributed by atoms with Crippen LogP contribution in [0.5, 0.6) is 11.8 Å². The lowest BCUT2D eigenvalue weighted by atomic mass is 10.2. The zero-order valence-corrected chi connectivity index (χ0v) is 11.6. The molecule has 6 heteroatoms. The maximum Gasteiger partial charge on any atom is 0.235 e. The molecule has 0 aromatic carbocycles. The number of methoxy groups -OCH3 is 1. The molecular formula is C14H19N3O3. The Bertz CT molecular complexity index is 490. The van der Waals surface area contributed by atoms with Gasteiger partial charge in [0.2, 0.25) is 17.7 Å². The Balaban J connectivity index is 1.52. The van der Waals surface area contributed by atoms with Crippen molar-refractivity contribution in [1.29, 1.82) is 0 Å². The van der Waals surface area contributed by atoms with Gasteiger partial charge in [-0.25, -0.2) is 0 Å². The van der Waals surface area contributed by atoms with Crippen molar-refractivity contribution in [1.82, 2.24) is 14.9 Å². The van der Waals surface area contributed by atoms with E-state index in [2.05, 4.69) is 9.97 Å². The van der Waals surface area contributed by atoms with E-state index >= 15 is 0 Å². The molecule has 1 aromatic heterocycles. The molecule has 0 N–H and O–H groups in total. The summed E-state index contributed by atoms with van der Waals surface area (Å²) in [7, 11) is 1.54. The molecule has 0 spiro atoms. The molecule has 1 aromatic rings. The van der Waals surface area contributed by atoms with Crippen LogP contribution in [0.4, 0.5) is 0 Å². The summed E-state index contributed by atoms with van der Waals surface area (Å²) in [5.74, 6) is 1.77. The molecule has 20 heavy (non-hydrogen) atoms. The molecule has 3 rings (SSSR count). The summed E-state index contributed by atoms with van der Waals surface area (Å²) in [4.78, 5) is 22.1. The Labute approximate surface area is 118 Å². The number of nitrogens with zero attached hydrogens (tertiary/aromatic N) is 3. The summed E-state index contributed by atoms with van der Waals surface area (Å²) in [5, 5.41) is 0. The van der Waals surface area contributed by atoms with Gasteiger partial charge in [-0.1, -0.05) is 0 Å². The molecular weight excluding hydrogens is 258 g/mol. The third-order valence-electron chi connectivity index (χ3n) is 3.74. The monoisotopic (exact) mass is 277 g/mol. The minimum absolute atomic E-state index is 0.000408. The van der Waals surface area contributed by atoms with Gasteiger partial charge < -0.3 is 14.4 Å². The van der Waals surface area contributed by atoms with Crippen molar-refractivity contribution in [2.45, 2.75) is 31.8 Å². The predicted molar refractivity (Wildman–Crippen MR) is 71.5 cm³/mol. The van der Waals surface area contributed by atoms with E-state index in [9.17, 15) is 4.79 Å². The fourth-order valence-corrected chi connectivity index (χ4v) is 2.41. The molecule has 0 bridgehead atoms. The Hall–Kier alpha value is -1.85. The number of amides is 1. The minimum atomic E-state index is -0.000408. The molecule has 0 radical (unpaired) electrons. The van der Waals surface area contributed by atoms with Crippen LogP contribution in [-0.4, -0.2) is 47.1 Å². The number of hydrogen-bond acceptors (Lipinski definition) is 5. The highest BCUT2D eigenvalue weighted by atomic mass is 16.5. The first-order valence-corrected chi connectivity index (χ1v) is 7.05. The van der Waals surface area contributed by atoms with Crippen molar-refractivity contribution in [3.63, 3.8) is 0 Å². The van der Waals surface area contributed by atoms with Crippen LogP contribution in [0.2, 0.25) is 0 Å². The standard InChI is InChI=1S/C14H19N3O3/c1-19-12-7-15-8-13(16-12)20-11-4-5-17(9-11)14(18)6-10-2-3-10/h7-8,10-11H,2-6,9H2,1H3. The van der Waals surface area contributed by atoms with E-state index in [0.29, 0.717) is 30.6 Å². The summed E-state index contributed by atoms with van der Waals surface area (Å²) in [6.45, 7) is 1.41. The molecule has 1 unspecified atom stereocenters. The maximum atomic E-state index is 12.0. The topological polar surface area (TPSA) is 64.6 Å². The van der Waals surface area contributed by atoms with Crippen molar-refractivity contribution in [3.8, 4) is 11.8 Å². The quantitative estimate of drug-likeness (QED) is 0.811. The van der Waals surface area contributed by atoms with Crippen molar-refractivity contribution in [2.24, 2.45) is 5.92 Å². The fraction of sp³-hybridized carbons (Fsp3) is 0.643. The van der Waals surface area contributed by atoms with E-state index in [1.807, 2.05) is 4.90 Å². The van der Waals surface area contributed by atoms with E-state index in [1.165, 1.54) is 19.0 Å². The van der Waals surface area contributed by atoms with E-state index in [4.69, 9.17) is 9.47 Å². The van der Waals surface area contributed by atoms with Crippen molar-refractivity contribution >= 4 is 5.91 Å². The van der Waals surface area contributed by atoms with Crippen LogP contribution in [0.25, 0.3) is 0 Å². The second kappa shape index (κ2) is 5.64. The lowest BCUT2D eigenvalue weighted by Gasteiger charge is -2.16. The van der Waals surface area contributed by atoms with Crippen LogP contribution >= 0.6 is 0 Å². The molecule has 1 amide bonds. The summed E-state index contributed by atoms with van der Waals surface area (Å²) in [5.41, 5.74) is 0. The third kappa shape index (κ3) is 3.18. The van der Waals surface area contributed by atoms with Gasteiger partial charge in [-0.2, -0.15) is 4.98 Å². The Morgan fingerprint density at radius 3 is 2.90 bits per heavy atom. The van der Waals surface area contributed by atoms with E-state index < -0.39 is 0 Å². The smallest absolute Gasteiger partial charge is 0.235 e. The van der Waals surface area contributed by atoms with Crippen LogP contribution in [0.15, 0.2) is 12.4 Å².